The van der Waals surface area contributed by atoms with E-state index in [-0.39, 0.29) is 35.7 Å². The summed E-state index contributed by atoms with van der Waals surface area (Å²) in [5, 5.41) is 16.7. The number of hydrogen-bond acceptors (Lipinski definition) is 5. The highest BCUT2D eigenvalue weighted by Gasteiger charge is 2.32. The van der Waals surface area contributed by atoms with Gasteiger partial charge >= 0.3 is 11.7 Å². The first kappa shape index (κ1) is 26.2. The van der Waals surface area contributed by atoms with Gasteiger partial charge in [-0.05, 0) is 66.1 Å². The molecule has 0 aliphatic heterocycles. The fraction of sp³-hybridized carbons (Fsp3) is 0.290. The molecule has 1 saturated carbocycles. The first-order valence-corrected chi connectivity index (χ1v) is 13.2. The number of nitrogens with one attached hydrogen (secondary N) is 1. The summed E-state index contributed by atoms with van der Waals surface area (Å²) in [4.78, 5) is 37.1. The Hall–Kier alpha value is -4.46. The number of aryl methyl sites for hydroxylation is 1. The van der Waals surface area contributed by atoms with E-state index in [2.05, 4.69) is 10.4 Å². The van der Waals surface area contributed by atoms with E-state index in [0.29, 0.717) is 12.1 Å². The molecule has 4 aromatic rings. The van der Waals surface area contributed by atoms with E-state index in [1.54, 1.807) is 25.1 Å². The molecule has 1 fully saturated rings. The van der Waals surface area contributed by atoms with Crippen LogP contribution in [0.3, 0.4) is 0 Å². The van der Waals surface area contributed by atoms with Crippen molar-refractivity contribution in [3.63, 3.8) is 0 Å². The summed E-state index contributed by atoms with van der Waals surface area (Å²) in [6.45, 7) is 2.36. The second kappa shape index (κ2) is 11.5. The second-order valence-corrected chi connectivity index (χ2v) is 10.1. The maximum atomic E-state index is 13.4. The van der Waals surface area contributed by atoms with E-state index in [9.17, 15) is 19.5 Å². The molecule has 1 aromatic heterocycles. The third-order valence-corrected chi connectivity index (χ3v) is 7.44. The first-order valence-electron chi connectivity index (χ1n) is 13.2. The van der Waals surface area contributed by atoms with Crippen LogP contribution in [0, 0.1) is 12.8 Å². The van der Waals surface area contributed by atoms with Crippen LogP contribution in [0.25, 0.3) is 11.5 Å². The lowest BCUT2D eigenvalue weighted by Gasteiger charge is -2.23. The highest BCUT2D eigenvalue weighted by atomic mass is 16.4. The monoisotopic (exact) mass is 525 g/mol. The second-order valence-electron chi connectivity index (χ2n) is 10.1. The molecule has 2 N–H and O–H groups in total. The van der Waals surface area contributed by atoms with Gasteiger partial charge in [-0.2, -0.15) is 4.68 Å². The van der Waals surface area contributed by atoms with Crippen LogP contribution < -0.4 is 11.1 Å². The summed E-state index contributed by atoms with van der Waals surface area (Å²) in [6.07, 6.45) is 4.23. The summed E-state index contributed by atoms with van der Waals surface area (Å²) in [5.41, 5.74) is 4.35. The SMILES string of the molecule is Cc1cc(CNC(=O)C(c2ccc(Cn3nc(-c4ccccc4)oc3=O)cc2)C2CCCC2)ccc1C(=O)O. The average Bonchev–Trinajstić information content (AvgIpc) is 3.59. The van der Waals surface area contributed by atoms with Crippen molar-refractivity contribution in [2.45, 2.75) is 51.6 Å². The standard InChI is InChI=1S/C31H31N3O5/c1-20-17-22(13-16-26(20)30(36)37)18-32-28(35)27(23-7-5-6-8-23)24-14-11-21(12-15-24)19-34-31(38)39-29(33-34)25-9-3-2-4-10-25/h2-4,9-17,23,27H,5-8,18-19H2,1H3,(H,32,35)(H,36,37). The minimum absolute atomic E-state index is 0.0326. The van der Waals surface area contributed by atoms with Crippen molar-refractivity contribution < 1.29 is 19.1 Å². The van der Waals surface area contributed by atoms with Crippen molar-refractivity contribution in [3.8, 4) is 11.5 Å². The first-order chi connectivity index (χ1) is 18.9. The van der Waals surface area contributed by atoms with Crippen LogP contribution in [0.15, 0.2) is 82.0 Å². The molecule has 0 saturated heterocycles. The fourth-order valence-corrected chi connectivity index (χ4v) is 5.41. The molecule has 5 rings (SSSR count). The van der Waals surface area contributed by atoms with E-state index in [1.807, 2.05) is 54.6 Å². The van der Waals surface area contributed by atoms with Crippen LogP contribution in [0.1, 0.15) is 64.2 Å². The van der Waals surface area contributed by atoms with Crippen molar-refractivity contribution in [1.82, 2.24) is 15.1 Å². The summed E-state index contributed by atoms with van der Waals surface area (Å²) in [5.74, 6) is -1.25. The Bertz CT molecular complexity index is 1520. The number of carbonyl (C=O) groups is 2. The zero-order chi connectivity index (χ0) is 27.4. The Kier molecular flexibility index (Phi) is 7.72. The van der Waals surface area contributed by atoms with Crippen LogP contribution in [0.2, 0.25) is 0 Å². The van der Waals surface area contributed by atoms with Crippen molar-refractivity contribution in [3.05, 3.63) is 111 Å². The molecule has 0 bridgehead atoms. The maximum Gasteiger partial charge on any atom is 0.437 e. The minimum atomic E-state index is -0.960. The number of amides is 1. The molecule has 8 heteroatoms. The number of aromatic nitrogens is 2. The molecule has 1 amide bonds. The van der Waals surface area contributed by atoms with Gasteiger partial charge in [0.1, 0.15) is 0 Å². The lowest BCUT2D eigenvalue weighted by Crippen LogP contribution is -2.32. The van der Waals surface area contributed by atoms with Crippen molar-refractivity contribution in [2.75, 3.05) is 0 Å². The van der Waals surface area contributed by atoms with Crippen LogP contribution in [-0.2, 0) is 17.9 Å². The lowest BCUT2D eigenvalue weighted by molar-refractivity contribution is -0.123. The molecule has 1 unspecified atom stereocenters. The molecule has 3 aromatic carbocycles. The highest BCUT2D eigenvalue weighted by molar-refractivity contribution is 5.89. The molecule has 0 spiro atoms. The molecule has 1 aliphatic rings. The number of carboxylic acid groups (broad SMARTS) is 1. The van der Waals surface area contributed by atoms with E-state index in [0.717, 1.165) is 47.9 Å². The van der Waals surface area contributed by atoms with Crippen molar-refractivity contribution in [1.29, 1.82) is 0 Å². The summed E-state index contributed by atoms with van der Waals surface area (Å²) < 4.78 is 6.64. The predicted molar refractivity (Wildman–Crippen MR) is 146 cm³/mol. The number of benzene rings is 3. The maximum absolute atomic E-state index is 13.4. The zero-order valence-electron chi connectivity index (χ0n) is 21.8. The third-order valence-electron chi connectivity index (χ3n) is 7.44. The van der Waals surface area contributed by atoms with Gasteiger partial charge in [0.05, 0.1) is 18.0 Å². The number of carbonyl (C=O) groups excluding carboxylic acids is 1. The third kappa shape index (κ3) is 6.00. The van der Waals surface area contributed by atoms with Gasteiger partial charge in [-0.15, -0.1) is 5.10 Å². The van der Waals surface area contributed by atoms with Crippen LogP contribution in [-0.4, -0.2) is 26.8 Å². The minimum Gasteiger partial charge on any atom is -0.478 e. The largest absolute Gasteiger partial charge is 0.478 e. The topological polar surface area (TPSA) is 114 Å². The van der Waals surface area contributed by atoms with Gasteiger partial charge in [-0.25, -0.2) is 9.59 Å². The van der Waals surface area contributed by atoms with Crippen molar-refractivity contribution in [2.24, 2.45) is 5.92 Å². The van der Waals surface area contributed by atoms with Gasteiger partial charge in [0.2, 0.25) is 11.8 Å². The number of aromatic carboxylic acids is 1. The smallest absolute Gasteiger partial charge is 0.437 e. The van der Waals surface area contributed by atoms with Crippen molar-refractivity contribution >= 4 is 11.9 Å². The van der Waals surface area contributed by atoms with Gasteiger partial charge in [-0.1, -0.05) is 67.4 Å². The number of hydrogen-bond donors (Lipinski definition) is 2. The van der Waals surface area contributed by atoms with E-state index in [1.165, 1.54) is 4.68 Å². The summed E-state index contributed by atoms with van der Waals surface area (Å²) in [6, 6.07) is 22.2. The number of nitrogens with zero attached hydrogens (tertiary/aromatic N) is 2. The number of rotatable bonds is 9. The van der Waals surface area contributed by atoms with Crippen LogP contribution in [0.4, 0.5) is 0 Å². The molecule has 1 aliphatic carbocycles. The Morgan fingerprint density at radius 1 is 1.03 bits per heavy atom. The normalized spacial score (nSPS) is 14.3. The van der Waals surface area contributed by atoms with Crippen LogP contribution >= 0.6 is 0 Å². The van der Waals surface area contributed by atoms with E-state index >= 15 is 0 Å². The molecule has 1 heterocycles. The molecular formula is C31H31N3O5. The Labute approximate surface area is 226 Å². The van der Waals surface area contributed by atoms with Gasteiger partial charge in [0, 0.05) is 12.1 Å². The predicted octanol–water partition coefficient (Wildman–Crippen LogP) is 5.15. The van der Waals surface area contributed by atoms with E-state index in [4.69, 9.17) is 4.42 Å². The van der Waals surface area contributed by atoms with Gasteiger partial charge in [0.15, 0.2) is 0 Å². The summed E-state index contributed by atoms with van der Waals surface area (Å²) in [7, 11) is 0. The highest BCUT2D eigenvalue weighted by Crippen LogP contribution is 2.37. The molecule has 1 atom stereocenters. The zero-order valence-corrected chi connectivity index (χ0v) is 21.8. The fourth-order valence-electron chi connectivity index (χ4n) is 5.41. The Balaban J connectivity index is 1.30. The number of carboxylic acids is 1. The van der Waals surface area contributed by atoms with Gasteiger partial charge in [0.25, 0.3) is 0 Å². The molecule has 200 valence electrons. The average molecular weight is 526 g/mol. The summed E-state index contributed by atoms with van der Waals surface area (Å²) >= 11 is 0. The van der Waals surface area contributed by atoms with Crippen LogP contribution in [0.5, 0.6) is 0 Å². The molecule has 39 heavy (non-hydrogen) atoms. The molecule has 0 radical (unpaired) electrons. The Morgan fingerprint density at radius 2 is 1.72 bits per heavy atom. The lowest BCUT2D eigenvalue weighted by atomic mass is 9.83. The van der Waals surface area contributed by atoms with E-state index < -0.39 is 11.7 Å². The quantitative estimate of drug-likeness (QED) is 0.312. The van der Waals surface area contributed by atoms with Gasteiger partial charge in [-0.3, -0.25) is 4.79 Å². The molecular weight excluding hydrogens is 494 g/mol. The van der Waals surface area contributed by atoms with Gasteiger partial charge < -0.3 is 14.8 Å². The molecule has 8 nitrogen and oxygen atoms in total. The Morgan fingerprint density at radius 3 is 2.38 bits per heavy atom.